The standard InChI is InChI=1S/C22H17ClFN3O3S/c1-13-2-8-18(23)21(20(13)24)31(29,30)17-6-3-14(4-7-17)5-9-19(28)15-10-16-12-26-27-22(16)25-11-15/h2-4,6-8,10-12H,5,9H2,1H3,(H,25,26,27). The minimum Gasteiger partial charge on any atom is -0.294 e. The number of aromatic amines is 1. The third kappa shape index (κ3) is 4.08. The molecule has 158 valence electrons. The number of aryl methyl sites for hydroxylation is 2. The molecule has 0 saturated heterocycles. The number of H-pyrrole nitrogens is 1. The van der Waals surface area contributed by atoms with Gasteiger partial charge in [-0.2, -0.15) is 5.10 Å². The Kier molecular flexibility index (Phi) is 5.60. The number of carbonyl (C=O) groups is 1. The molecule has 0 bridgehead atoms. The summed E-state index contributed by atoms with van der Waals surface area (Å²) in [6, 6.07) is 10.5. The van der Waals surface area contributed by atoms with Crippen LogP contribution in [0, 0.1) is 12.7 Å². The highest BCUT2D eigenvalue weighted by Gasteiger charge is 2.26. The van der Waals surface area contributed by atoms with Crippen LogP contribution < -0.4 is 0 Å². The fraction of sp³-hybridized carbons (Fsp3) is 0.136. The van der Waals surface area contributed by atoms with Gasteiger partial charge < -0.3 is 0 Å². The minimum atomic E-state index is -4.12. The van der Waals surface area contributed by atoms with Crippen LogP contribution in [0.3, 0.4) is 0 Å². The van der Waals surface area contributed by atoms with E-state index in [1.807, 2.05) is 0 Å². The molecule has 2 aromatic carbocycles. The Morgan fingerprint density at radius 2 is 1.87 bits per heavy atom. The minimum absolute atomic E-state index is 0.0661. The van der Waals surface area contributed by atoms with Gasteiger partial charge in [-0.05, 0) is 48.7 Å². The first-order chi connectivity index (χ1) is 14.8. The highest BCUT2D eigenvalue weighted by Crippen LogP contribution is 2.31. The number of nitrogens with zero attached hydrogens (tertiary/aromatic N) is 2. The van der Waals surface area contributed by atoms with Crippen LogP contribution in [-0.2, 0) is 16.3 Å². The Hall–Kier alpha value is -3.10. The summed E-state index contributed by atoms with van der Waals surface area (Å²) < 4.78 is 40.2. The number of Topliss-reactive ketones (excluding diaryl/α,β-unsaturated/α-hetero) is 1. The van der Waals surface area contributed by atoms with Crippen LogP contribution in [0.25, 0.3) is 11.0 Å². The van der Waals surface area contributed by atoms with Crippen LogP contribution in [0.1, 0.15) is 27.9 Å². The molecule has 0 amide bonds. The van der Waals surface area contributed by atoms with Crippen molar-refractivity contribution in [2.24, 2.45) is 0 Å². The van der Waals surface area contributed by atoms with E-state index in [4.69, 9.17) is 11.6 Å². The second-order valence-corrected chi connectivity index (χ2v) is 9.40. The van der Waals surface area contributed by atoms with Crippen molar-refractivity contribution >= 4 is 38.3 Å². The molecular formula is C22H17ClFN3O3S. The molecular weight excluding hydrogens is 441 g/mol. The lowest BCUT2D eigenvalue weighted by Gasteiger charge is -2.10. The lowest BCUT2D eigenvalue weighted by atomic mass is 10.0. The third-order valence-electron chi connectivity index (χ3n) is 5.00. The summed E-state index contributed by atoms with van der Waals surface area (Å²) in [7, 11) is -4.12. The molecule has 0 aliphatic rings. The second kappa shape index (κ2) is 8.20. The summed E-state index contributed by atoms with van der Waals surface area (Å²) in [5.41, 5.74) is 2.07. The summed E-state index contributed by atoms with van der Waals surface area (Å²) in [4.78, 5) is 16.0. The number of fused-ring (bicyclic) bond motifs is 1. The number of halogens is 2. The van der Waals surface area contributed by atoms with Gasteiger partial charge in [0.15, 0.2) is 11.4 Å². The van der Waals surface area contributed by atoms with Gasteiger partial charge in [-0.25, -0.2) is 17.8 Å². The number of hydrogen-bond donors (Lipinski definition) is 1. The summed E-state index contributed by atoms with van der Waals surface area (Å²) in [6.45, 7) is 1.48. The van der Waals surface area contributed by atoms with Crippen molar-refractivity contribution < 1.29 is 17.6 Å². The zero-order valence-corrected chi connectivity index (χ0v) is 18.0. The molecule has 2 heterocycles. The molecule has 0 spiro atoms. The highest BCUT2D eigenvalue weighted by molar-refractivity contribution is 7.91. The van der Waals surface area contributed by atoms with Gasteiger partial charge in [0.1, 0.15) is 10.7 Å². The Bertz CT molecular complexity index is 1400. The zero-order valence-electron chi connectivity index (χ0n) is 16.4. The lowest BCUT2D eigenvalue weighted by molar-refractivity contribution is 0.0982. The molecule has 4 aromatic rings. The normalized spacial score (nSPS) is 11.7. The molecule has 1 N–H and O–H groups in total. The molecule has 9 heteroatoms. The van der Waals surface area contributed by atoms with E-state index in [1.165, 1.54) is 37.4 Å². The van der Waals surface area contributed by atoms with E-state index >= 15 is 0 Å². The number of rotatable bonds is 6. The van der Waals surface area contributed by atoms with Crippen LogP contribution in [-0.4, -0.2) is 29.4 Å². The third-order valence-corrected chi connectivity index (χ3v) is 7.25. The molecule has 0 unspecified atom stereocenters. The number of aromatic nitrogens is 3. The van der Waals surface area contributed by atoms with Gasteiger partial charge in [0.2, 0.25) is 9.84 Å². The quantitative estimate of drug-likeness (QED) is 0.423. The second-order valence-electron chi connectivity index (χ2n) is 7.11. The average Bonchev–Trinajstić information content (AvgIpc) is 3.23. The van der Waals surface area contributed by atoms with E-state index in [0.717, 1.165) is 10.9 Å². The Balaban J connectivity index is 1.50. The van der Waals surface area contributed by atoms with Gasteiger partial charge in [0, 0.05) is 23.6 Å². The first kappa shape index (κ1) is 21.1. The largest absolute Gasteiger partial charge is 0.294 e. The van der Waals surface area contributed by atoms with Crippen molar-refractivity contribution in [2.75, 3.05) is 0 Å². The van der Waals surface area contributed by atoms with E-state index in [2.05, 4.69) is 15.2 Å². The van der Waals surface area contributed by atoms with Gasteiger partial charge in [0.05, 0.1) is 16.1 Å². The Morgan fingerprint density at radius 3 is 2.61 bits per heavy atom. The number of benzene rings is 2. The van der Waals surface area contributed by atoms with Gasteiger partial charge in [-0.1, -0.05) is 29.8 Å². The van der Waals surface area contributed by atoms with E-state index in [9.17, 15) is 17.6 Å². The summed E-state index contributed by atoms with van der Waals surface area (Å²) >= 11 is 5.97. The van der Waals surface area contributed by atoms with Gasteiger partial charge in [-0.15, -0.1) is 0 Å². The Labute approximate surface area is 183 Å². The number of pyridine rings is 1. The number of nitrogens with one attached hydrogen (secondary N) is 1. The average molecular weight is 458 g/mol. The molecule has 0 aliphatic carbocycles. The van der Waals surface area contributed by atoms with Crippen LogP contribution >= 0.6 is 11.6 Å². The lowest BCUT2D eigenvalue weighted by Crippen LogP contribution is -2.07. The smallest absolute Gasteiger partial charge is 0.210 e. The van der Waals surface area contributed by atoms with Crippen LogP contribution in [0.2, 0.25) is 5.02 Å². The van der Waals surface area contributed by atoms with Crippen molar-refractivity contribution in [1.82, 2.24) is 15.2 Å². The summed E-state index contributed by atoms with van der Waals surface area (Å²) in [5.74, 6) is -0.939. The highest BCUT2D eigenvalue weighted by atomic mass is 35.5. The van der Waals surface area contributed by atoms with E-state index in [1.54, 1.807) is 24.4 Å². The van der Waals surface area contributed by atoms with Crippen LogP contribution in [0.15, 0.2) is 64.6 Å². The van der Waals surface area contributed by atoms with Gasteiger partial charge in [0.25, 0.3) is 0 Å². The molecule has 0 aliphatic heterocycles. The van der Waals surface area contributed by atoms with Crippen molar-refractivity contribution in [3.05, 3.63) is 82.4 Å². The van der Waals surface area contributed by atoms with Crippen molar-refractivity contribution in [3.63, 3.8) is 0 Å². The molecule has 0 fully saturated rings. The SMILES string of the molecule is Cc1ccc(Cl)c(S(=O)(=O)c2ccc(CCC(=O)c3cnc4[nH]ncc4c3)cc2)c1F. The summed E-state index contributed by atoms with van der Waals surface area (Å²) in [5, 5.41) is 7.20. The van der Waals surface area contributed by atoms with E-state index in [-0.39, 0.29) is 27.7 Å². The molecule has 31 heavy (non-hydrogen) atoms. The fourth-order valence-electron chi connectivity index (χ4n) is 3.22. The first-order valence-electron chi connectivity index (χ1n) is 9.38. The maximum absolute atomic E-state index is 14.5. The van der Waals surface area contributed by atoms with Crippen molar-refractivity contribution in [1.29, 1.82) is 0 Å². The molecule has 2 aromatic heterocycles. The topological polar surface area (TPSA) is 92.8 Å². The molecule has 0 atom stereocenters. The number of hydrogen-bond acceptors (Lipinski definition) is 5. The van der Waals surface area contributed by atoms with Gasteiger partial charge >= 0.3 is 0 Å². The Morgan fingerprint density at radius 1 is 1.13 bits per heavy atom. The predicted octanol–water partition coefficient (Wildman–Crippen LogP) is 4.71. The number of carbonyl (C=O) groups excluding carboxylic acids is 1. The maximum atomic E-state index is 14.5. The summed E-state index contributed by atoms with van der Waals surface area (Å²) in [6.07, 6.45) is 3.75. The predicted molar refractivity (Wildman–Crippen MR) is 115 cm³/mol. The van der Waals surface area contributed by atoms with Gasteiger partial charge in [-0.3, -0.25) is 9.89 Å². The molecule has 0 radical (unpaired) electrons. The monoisotopic (exact) mass is 457 g/mol. The maximum Gasteiger partial charge on any atom is 0.210 e. The van der Waals surface area contributed by atoms with Crippen LogP contribution in [0.5, 0.6) is 0 Å². The van der Waals surface area contributed by atoms with Crippen molar-refractivity contribution in [3.8, 4) is 0 Å². The zero-order chi connectivity index (χ0) is 22.2. The van der Waals surface area contributed by atoms with E-state index in [0.29, 0.717) is 17.6 Å². The molecule has 6 nitrogen and oxygen atoms in total. The number of sulfone groups is 1. The molecule has 0 saturated carbocycles. The van der Waals surface area contributed by atoms with Crippen molar-refractivity contribution in [2.45, 2.75) is 29.6 Å². The number of ketones is 1. The van der Waals surface area contributed by atoms with Crippen LogP contribution in [0.4, 0.5) is 4.39 Å². The van der Waals surface area contributed by atoms with E-state index < -0.39 is 20.5 Å². The molecule has 4 rings (SSSR count). The fourth-order valence-corrected chi connectivity index (χ4v) is 5.12. The first-order valence-corrected chi connectivity index (χ1v) is 11.2.